The van der Waals surface area contributed by atoms with E-state index in [9.17, 15) is 8.42 Å². The van der Waals surface area contributed by atoms with Gasteiger partial charge < -0.3 is 0 Å². The summed E-state index contributed by atoms with van der Waals surface area (Å²) in [5, 5.41) is 0. The van der Waals surface area contributed by atoms with Gasteiger partial charge in [0, 0.05) is 19.0 Å². The number of hydrogen-bond acceptors (Lipinski definition) is 2. The third-order valence-electron chi connectivity index (χ3n) is 4.00. The molecule has 1 fully saturated rings. The van der Waals surface area contributed by atoms with E-state index >= 15 is 0 Å². The Morgan fingerprint density at radius 2 is 1.90 bits per heavy atom. The lowest BCUT2D eigenvalue weighted by molar-refractivity contribution is 0.471. The van der Waals surface area contributed by atoms with Gasteiger partial charge in [0.05, 0.1) is 4.90 Å². The van der Waals surface area contributed by atoms with Crippen LogP contribution in [0.2, 0.25) is 0 Å². The Labute approximate surface area is 120 Å². The summed E-state index contributed by atoms with van der Waals surface area (Å²) in [6.07, 6.45) is 8.60. The summed E-state index contributed by atoms with van der Waals surface area (Å²) in [4.78, 5) is 0.393. The fourth-order valence-electron chi connectivity index (χ4n) is 2.79. The van der Waals surface area contributed by atoms with Gasteiger partial charge >= 0.3 is 0 Å². The highest BCUT2D eigenvalue weighted by molar-refractivity contribution is 7.89. The number of fused-ring (bicyclic) bond motifs is 1. The van der Waals surface area contributed by atoms with Crippen LogP contribution in [0.25, 0.3) is 0 Å². The number of nitrogens with zero attached hydrogens (tertiary/aromatic N) is 1. The van der Waals surface area contributed by atoms with Gasteiger partial charge in [-0.1, -0.05) is 41.5 Å². The SMILES string of the molecule is Cc1ccc(S(=O)(=O)N2CC3=CCCC=CC3C2)cc1. The van der Waals surface area contributed by atoms with Crippen LogP contribution in [0.4, 0.5) is 0 Å². The molecule has 3 nitrogen and oxygen atoms in total. The quantitative estimate of drug-likeness (QED) is 0.785. The zero-order valence-electron chi connectivity index (χ0n) is 11.6. The molecule has 106 valence electrons. The number of allylic oxidation sites excluding steroid dienone is 2. The molecular formula is C16H19NO2S. The highest BCUT2D eigenvalue weighted by atomic mass is 32.2. The van der Waals surface area contributed by atoms with E-state index in [-0.39, 0.29) is 5.92 Å². The Hall–Kier alpha value is -1.39. The number of benzene rings is 1. The molecule has 0 bridgehead atoms. The van der Waals surface area contributed by atoms with Gasteiger partial charge in [-0.2, -0.15) is 4.31 Å². The second kappa shape index (κ2) is 5.19. The van der Waals surface area contributed by atoms with Gasteiger partial charge in [0.15, 0.2) is 0 Å². The summed E-state index contributed by atoms with van der Waals surface area (Å²) in [7, 11) is -3.37. The summed E-state index contributed by atoms with van der Waals surface area (Å²) in [5.74, 6) is 0.262. The highest BCUT2D eigenvalue weighted by Crippen LogP contribution is 2.31. The van der Waals surface area contributed by atoms with E-state index in [2.05, 4.69) is 18.2 Å². The molecule has 0 aromatic heterocycles. The predicted molar refractivity (Wildman–Crippen MR) is 79.9 cm³/mol. The Balaban J connectivity index is 1.88. The summed E-state index contributed by atoms with van der Waals surface area (Å²) in [5.41, 5.74) is 2.32. The van der Waals surface area contributed by atoms with Crippen molar-refractivity contribution in [2.75, 3.05) is 13.1 Å². The van der Waals surface area contributed by atoms with Crippen LogP contribution in [0, 0.1) is 12.8 Å². The van der Waals surface area contributed by atoms with Crippen molar-refractivity contribution in [3.8, 4) is 0 Å². The molecule has 0 amide bonds. The molecule has 1 saturated heterocycles. The van der Waals surface area contributed by atoms with Gasteiger partial charge in [0.25, 0.3) is 0 Å². The third-order valence-corrected chi connectivity index (χ3v) is 5.83. The minimum Gasteiger partial charge on any atom is -0.207 e. The first-order valence-electron chi connectivity index (χ1n) is 7.00. The maximum Gasteiger partial charge on any atom is 0.243 e. The van der Waals surface area contributed by atoms with Crippen LogP contribution < -0.4 is 0 Å². The molecule has 1 atom stereocenters. The fourth-order valence-corrected chi connectivity index (χ4v) is 4.24. The van der Waals surface area contributed by atoms with Crippen molar-refractivity contribution in [3.05, 3.63) is 53.6 Å². The zero-order chi connectivity index (χ0) is 14.2. The van der Waals surface area contributed by atoms with Gasteiger partial charge in [-0.25, -0.2) is 8.42 Å². The van der Waals surface area contributed by atoms with Gasteiger partial charge in [-0.15, -0.1) is 0 Å². The van der Waals surface area contributed by atoms with Crippen LogP contribution in [-0.4, -0.2) is 25.8 Å². The van der Waals surface area contributed by atoms with Crippen LogP contribution in [0.3, 0.4) is 0 Å². The Kier molecular flexibility index (Phi) is 3.52. The van der Waals surface area contributed by atoms with Crippen LogP contribution in [-0.2, 0) is 10.0 Å². The van der Waals surface area contributed by atoms with Crippen LogP contribution >= 0.6 is 0 Å². The van der Waals surface area contributed by atoms with E-state index in [0.717, 1.165) is 18.4 Å². The average Bonchev–Trinajstić information content (AvgIpc) is 2.72. The van der Waals surface area contributed by atoms with Gasteiger partial charge in [0.2, 0.25) is 10.0 Å². The molecule has 1 aliphatic carbocycles. The molecule has 1 aromatic carbocycles. The number of sulfonamides is 1. The smallest absolute Gasteiger partial charge is 0.207 e. The molecule has 1 aliphatic heterocycles. The van der Waals surface area contributed by atoms with Crippen molar-refractivity contribution in [2.24, 2.45) is 5.92 Å². The summed E-state index contributed by atoms with van der Waals surface area (Å²) >= 11 is 0. The maximum atomic E-state index is 12.6. The van der Waals surface area contributed by atoms with Gasteiger partial charge in [0.1, 0.15) is 0 Å². The Bertz CT molecular complexity index is 656. The fraction of sp³-hybridized carbons (Fsp3) is 0.375. The average molecular weight is 289 g/mol. The van der Waals surface area contributed by atoms with Gasteiger partial charge in [-0.05, 0) is 31.9 Å². The van der Waals surface area contributed by atoms with Crippen molar-refractivity contribution in [1.82, 2.24) is 4.31 Å². The van der Waals surface area contributed by atoms with Crippen molar-refractivity contribution in [2.45, 2.75) is 24.7 Å². The minimum atomic E-state index is -3.37. The van der Waals surface area contributed by atoms with E-state index in [1.54, 1.807) is 16.4 Å². The molecule has 0 spiro atoms. The zero-order valence-corrected chi connectivity index (χ0v) is 12.4. The highest BCUT2D eigenvalue weighted by Gasteiger charge is 2.34. The molecule has 3 rings (SSSR count). The summed E-state index contributed by atoms with van der Waals surface area (Å²) < 4.78 is 26.9. The van der Waals surface area contributed by atoms with Crippen molar-refractivity contribution < 1.29 is 8.42 Å². The molecule has 2 aliphatic rings. The first-order valence-corrected chi connectivity index (χ1v) is 8.44. The lowest BCUT2D eigenvalue weighted by Gasteiger charge is -2.15. The first-order chi connectivity index (χ1) is 9.57. The van der Waals surface area contributed by atoms with Crippen LogP contribution in [0.5, 0.6) is 0 Å². The number of hydrogen-bond donors (Lipinski definition) is 0. The van der Waals surface area contributed by atoms with E-state index in [4.69, 9.17) is 0 Å². The summed E-state index contributed by atoms with van der Waals surface area (Å²) in [6.45, 7) is 3.06. The normalized spacial score (nSPS) is 23.2. The second-order valence-corrected chi connectivity index (χ2v) is 7.44. The molecule has 1 aromatic rings. The third kappa shape index (κ3) is 2.45. The lowest BCUT2D eigenvalue weighted by Crippen LogP contribution is -2.28. The van der Waals surface area contributed by atoms with Gasteiger partial charge in [-0.3, -0.25) is 0 Å². The minimum absolute atomic E-state index is 0.262. The van der Waals surface area contributed by atoms with E-state index < -0.39 is 10.0 Å². The Morgan fingerprint density at radius 3 is 2.65 bits per heavy atom. The van der Waals surface area contributed by atoms with Crippen LogP contribution in [0.1, 0.15) is 18.4 Å². The van der Waals surface area contributed by atoms with Crippen LogP contribution in [0.15, 0.2) is 53.0 Å². The molecule has 1 unspecified atom stereocenters. The Morgan fingerprint density at radius 1 is 1.15 bits per heavy atom. The lowest BCUT2D eigenvalue weighted by atomic mass is 10.0. The summed E-state index contributed by atoms with van der Waals surface area (Å²) in [6, 6.07) is 7.09. The molecular weight excluding hydrogens is 270 g/mol. The van der Waals surface area contributed by atoms with Crippen molar-refractivity contribution in [1.29, 1.82) is 0 Å². The van der Waals surface area contributed by atoms with Crippen molar-refractivity contribution >= 4 is 10.0 Å². The predicted octanol–water partition coefficient (Wildman–Crippen LogP) is 2.89. The molecule has 20 heavy (non-hydrogen) atoms. The monoisotopic (exact) mass is 289 g/mol. The molecule has 0 N–H and O–H groups in total. The molecule has 4 heteroatoms. The number of aryl methyl sites for hydroxylation is 1. The topological polar surface area (TPSA) is 37.4 Å². The largest absolute Gasteiger partial charge is 0.243 e. The van der Waals surface area contributed by atoms with E-state index in [1.165, 1.54) is 5.57 Å². The maximum absolute atomic E-state index is 12.6. The first kappa shape index (κ1) is 13.6. The number of rotatable bonds is 2. The van der Waals surface area contributed by atoms with E-state index in [0.29, 0.717) is 18.0 Å². The molecule has 1 heterocycles. The molecule has 0 radical (unpaired) electrons. The standard InChI is InChI=1S/C16H19NO2S/c1-13-7-9-16(10-8-13)20(18,19)17-11-14-5-3-2-4-6-15(14)12-17/h3,5-10,14H,2,4,11-12H2,1H3. The molecule has 0 saturated carbocycles. The second-order valence-electron chi connectivity index (χ2n) is 5.50. The van der Waals surface area contributed by atoms with Crippen molar-refractivity contribution in [3.63, 3.8) is 0 Å². The van der Waals surface area contributed by atoms with E-state index in [1.807, 2.05) is 19.1 Å².